The first kappa shape index (κ1) is 21.9. The fourth-order valence-corrected chi connectivity index (χ4v) is 4.79. The van der Waals surface area contributed by atoms with Gasteiger partial charge in [0.25, 0.3) is 11.8 Å². The van der Waals surface area contributed by atoms with Crippen LogP contribution in [-0.4, -0.2) is 41.2 Å². The summed E-state index contributed by atoms with van der Waals surface area (Å²) in [6.45, 7) is 2.43. The predicted molar refractivity (Wildman–Crippen MR) is 125 cm³/mol. The van der Waals surface area contributed by atoms with Crippen LogP contribution >= 0.6 is 0 Å². The number of carbonyl (C=O) groups excluding carboxylic acids is 4. The molecule has 8 heteroatoms. The van der Waals surface area contributed by atoms with Crippen molar-refractivity contribution in [3.63, 3.8) is 0 Å². The molecule has 2 fully saturated rings. The van der Waals surface area contributed by atoms with Crippen molar-refractivity contribution in [2.45, 2.75) is 37.9 Å². The van der Waals surface area contributed by atoms with E-state index < -0.39 is 23.4 Å². The number of urea groups is 1. The van der Waals surface area contributed by atoms with Crippen molar-refractivity contribution in [1.82, 2.24) is 20.9 Å². The number of benzene rings is 2. The van der Waals surface area contributed by atoms with E-state index in [9.17, 15) is 19.2 Å². The molecule has 1 saturated carbocycles. The van der Waals surface area contributed by atoms with Crippen LogP contribution in [0.4, 0.5) is 4.79 Å². The van der Waals surface area contributed by atoms with Gasteiger partial charge in [-0.15, -0.1) is 0 Å². The molecule has 5 amide bonds. The summed E-state index contributed by atoms with van der Waals surface area (Å²) in [5.41, 5.74) is 1.17. The van der Waals surface area contributed by atoms with Crippen LogP contribution < -0.4 is 16.0 Å². The number of imide groups is 1. The van der Waals surface area contributed by atoms with E-state index in [0.29, 0.717) is 29.2 Å². The second-order valence-corrected chi connectivity index (χ2v) is 9.08. The zero-order valence-corrected chi connectivity index (χ0v) is 18.8. The van der Waals surface area contributed by atoms with Gasteiger partial charge < -0.3 is 15.5 Å². The standard InChI is InChI=1S/C26H26N4O4/c1-16(18-10-11-18)30(15-17-6-3-2-4-7-17)22(31)14-27-23(32)20-8-5-9-21-19(20)12-13-26(21)24(33)28-25(34)29-26/h2-9,12-13,16,18H,10-11,14-15H2,1H3,(H,27,32)(H2,28,29,33,34)/t16?,26-/m0/s1. The summed E-state index contributed by atoms with van der Waals surface area (Å²) in [5, 5.41) is 7.64. The van der Waals surface area contributed by atoms with E-state index in [1.54, 1.807) is 30.4 Å². The average Bonchev–Trinajstić information content (AvgIpc) is 3.57. The van der Waals surface area contributed by atoms with Gasteiger partial charge >= 0.3 is 6.03 Å². The highest BCUT2D eigenvalue weighted by molar-refractivity contribution is 6.12. The molecular weight excluding hydrogens is 432 g/mol. The van der Waals surface area contributed by atoms with Gasteiger partial charge in [0.2, 0.25) is 5.91 Å². The van der Waals surface area contributed by atoms with Crippen molar-refractivity contribution < 1.29 is 19.2 Å². The maximum atomic E-state index is 13.2. The van der Waals surface area contributed by atoms with E-state index in [4.69, 9.17) is 0 Å². The Balaban J connectivity index is 1.31. The highest BCUT2D eigenvalue weighted by Gasteiger charge is 2.49. The predicted octanol–water partition coefficient (Wildman–Crippen LogP) is 2.31. The number of rotatable bonds is 7. The Hall–Kier alpha value is -3.94. The van der Waals surface area contributed by atoms with Crippen molar-refractivity contribution in [3.8, 4) is 0 Å². The number of nitrogens with one attached hydrogen (secondary N) is 3. The van der Waals surface area contributed by atoms with Gasteiger partial charge in [0.1, 0.15) is 0 Å². The minimum absolute atomic E-state index is 0.0952. The second kappa shape index (κ2) is 8.44. The number of hydrogen-bond donors (Lipinski definition) is 3. The Morgan fingerprint density at radius 3 is 2.56 bits per heavy atom. The fraction of sp³-hybridized carbons (Fsp3) is 0.308. The van der Waals surface area contributed by atoms with E-state index in [-0.39, 0.29) is 18.5 Å². The third kappa shape index (κ3) is 3.85. The number of nitrogens with zero attached hydrogens (tertiary/aromatic N) is 1. The van der Waals surface area contributed by atoms with Crippen LogP contribution in [0, 0.1) is 5.92 Å². The normalized spacial score (nSPS) is 21.1. The number of hydrogen-bond acceptors (Lipinski definition) is 4. The molecule has 1 spiro atoms. The van der Waals surface area contributed by atoms with Crippen LogP contribution in [0.1, 0.15) is 46.8 Å². The van der Waals surface area contributed by atoms with E-state index in [0.717, 1.165) is 18.4 Å². The molecule has 1 heterocycles. The molecule has 2 aliphatic carbocycles. The van der Waals surface area contributed by atoms with Crippen molar-refractivity contribution in [2.24, 2.45) is 5.92 Å². The maximum absolute atomic E-state index is 13.2. The lowest BCUT2D eigenvalue weighted by molar-refractivity contribution is -0.133. The average molecular weight is 459 g/mol. The van der Waals surface area contributed by atoms with Gasteiger partial charge in [0, 0.05) is 18.2 Å². The van der Waals surface area contributed by atoms with Crippen LogP contribution in [-0.2, 0) is 21.7 Å². The van der Waals surface area contributed by atoms with Crippen LogP contribution in [0.2, 0.25) is 0 Å². The lowest BCUT2D eigenvalue weighted by Gasteiger charge is -2.30. The molecule has 2 aromatic rings. The van der Waals surface area contributed by atoms with Crippen molar-refractivity contribution >= 4 is 29.8 Å². The summed E-state index contributed by atoms with van der Waals surface area (Å²) in [4.78, 5) is 52.2. The summed E-state index contributed by atoms with van der Waals surface area (Å²) in [6.07, 6.45) is 5.47. The largest absolute Gasteiger partial charge is 0.343 e. The van der Waals surface area contributed by atoms with E-state index in [2.05, 4.69) is 22.9 Å². The Morgan fingerprint density at radius 1 is 1.12 bits per heavy atom. The van der Waals surface area contributed by atoms with E-state index in [1.807, 2.05) is 35.2 Å². The summed E-state index contributed by atoms with van der Waals surface area (Å²) in [7, 11) is 0. The number of carbonyl (C=O) groups is 4. The Morgan fingerprint density at radius 2 is 1.88 bits per heavy atom. The Labute approximate surface area is 197 Å². The molecule has 3 aliphatic rings. The van der Waals surface area contributed by atoms with E-state index in [1.165, 1.54) is 0 Å². The first-order chi connectivity index (χ1) is 16.4. The van der Waals surface area contributed by atoms with Gasteiger partial charge in [-0.2, -0.15) is 0 Å². The first-order valence-electron chi connectivity index (χ1n) is 11.5. The minimum atomic E-state index is -1.30. The maximum Gasteiger partial charge on any atom is 0.322 e. The van der Waals surface area contributed by atoms with Crippen molar-refractivity contribution in [1.29, 1.82) is 0 Å². The van der Waals surface area contributed by atoms with Crippen LogP contribution in [0.3, 0.4) is 0 Å². The first-order valence-corrected chi connectivity index (χ1v) is 11.5. The van der Waals surface area contributed by atoms with Crippen LogP contribution in [0.25, 0.3) is 6.08 Å². The molecule has 1 saturated heterocycles. The van der Waals surface area contributed by atoms with Gasteiger partial charge in [-0.1, -0.05) is 48.5 Å². The smallest absolute Gasteiger partial charge is 0.322 e. The number of amides is 5. The molecule has 2 atom stereocenters. The third-order valence-electron chi connectivity index (χ3n) is 6.88. The molecule has 2 aromatic carbocycles. The molecule has 1 unspecified atom stereocenters. The van der Waals surface area contributed by atoms with Crippen molar-refractivity contribution in [3.05, 3.63) is 76.9 Å². The molecule has 0 aromatic heterocycles. The summed E-state index contributed by atoms with van der Waals surface area (Å²) in [5.74, 6) is -0.533. The van der Waals surface area contributed by atoms with Gasteiger partial charge in [-0.25, -0.2) is 4.79 Å². The summed E-state index contributed by atoms with van der Waals surface area (Å²) in [6, 6.07) is 14.4. The Bertz CT molecular complexity index is 1200. The van der Waals surface area contributed by atoms with Gasteiger partial charge in [-0.3, -0.25) is 19.7 Å². The molecule has 1 aliphatic heterocycles. The molecule has 3 N–H and O–H groups in total. The van der Waals surface area contributed by atoms with Crippen molar-refractivity contribution in [2.75, 3.05) is 6.54 Å². The molecule has 0 radical (unpaired) electrons. The molecular formula is C26H26N4O4. The molecule has 0 bridgehead atoms. The lowest BCUT2D eigenvalue weighted by atomic mass is 9.90. The highest BCUT2D eigenvalue weighted by Crippen LogP contribution is 2.38. The summed E-state index contributed by atoms with van der Waals surface area (Å²) < 4.78 is 0. The highest BCUT2D eigenvalue weighted by atomic mass is 16.2. The van der Waals surface area contributed by atoms with E-state index >= 15 is 0 Å². The van der Waals surface area contributed by atoms with Gasteiger partial charge in [0.15, 0.2) is 5.54 Å². The topological polar surface area (TPSA) is 108 Å². The zero-order valence-electron chi connectivity index (χ0n) is 18.8. The molecule has 174 valence electrons. The van der Waals surface area contributed by atoms with Gasteiger partial charge in [0.05, 0.1) is 6.54 Å². The second-order valence-electron chi connectivity index (χ2n) is 9.08. The number of fused-ring (bicyclic) bond motifs is 2. The SMILES string of the molecule is CC(C1CC1)N(Cc1ccccc1)C(=O)CNC(=O)c1cccc2c1C=C[C@]21NC(=O)NC1=O. The molecule has 8 nitrogen and oxygen atoms in total. The quantitative estimate of drug-likeness (QED) is 0.554. The lowest BCUT2D eigenvalue weighted by Crippen LogP contribution is -2.45. The van der Waals surface area contributed by atoms with Gasteiger partial charge in [-0.05, 0) is 54.5 Å². The fourth-order valence-electron chi connectivity index (χ4n) is 4.79. The molecule has 5 rings (SSSR count). The third-order valence-corrected chi connectivity index (χ3v) is 6.88. The molecule has 34 heavy (non-hydrogen) atoms. The zero-order chi connectivity index (χ0) is 23.9. The minimum Gasteiger partial charge on any atom is -0.343 e. The van der Waals surface area contributed by atoms with Crippen LogP contribution in [0.15, 0.2) is 54.6 Å². The monoisotopic (exact) mass is 458 g/mol. The van der Waals surface area contributed by atoms with Crippen LogP contribution in [0.5, 0.6) is 0 Å². The Kier molecular flexibility index (Phi) is 5.43. The summed E-state index contributed by atoms with van der Waals surface area (Å²) >= 11 is 0.